The van der Waals surface area contributed by atoms with Crippen molar-refractivity contribution in [1.82, 2.24) is 25.1 Å². The molecule has 5 rings (SSSR count). The molecule has 2 aromatic heterocycles. The minimum Gasteiger partial charge on any atom is -0.475 e. The molecule has 36 heavy (non-hydrogen) atoms. The third-order valence-corrected chi connectivity index (χ3v) is 6.12. The SMILES string of the molecule is O=C(O)C(F)(F)F.O=c1[nH]c(C2CCN(CCc3n[nH]c4cc(F)ccc34)CC2)nc2ccccc12. The van der Waals surface area contributed by atoms with Gasteiger partial charge in [-0.2, -0.15) is 18.3 Å². The number of carboxylic acid groups (broad SMARTS) is 1. The average molecular weight is 505 g/mol. The van der Waals surface area contributed by atoms with Crippen molar-refractivity contribution in [2.75, 3.05) is 19.6 Å². The number of halogens is 4. The monoisotopic (exact) mass is 505 g/mol. The molecule has 8 nitrogen and oxygen atoms in total. The zero-order valence-corrected chi connectivity index (χ0v) is 19.0. The fourth-order valence-electron chi connectivity index (χ4n) is 4.23. The normalized spacial score (nSPS) is 15.1. The van der Waals surface area contributed by atoms with E-state index in [4.69, 9.17) is 14.9 Å². The zero-order chi connectivity index (χ0) is 25.9. The van der Waals surface area contributed by atoms with E-state index in [9.17, 15) is 22.4 Å². The Hall–Kier alpha value is -3.80. The third-order valence-electron chi connectivity index (χ3n) is 6.12. The van der Waals surface area contributed by atoms with Gasteiger partial charge in [-0.15, -0.1) is 0 Å². The van der Waals surface area contributed by atoms with Gasteiger partial charge in [0.2, 0.25) is 0 Å². The van der Waals surface area contributed by atoms with E-state index >= 15 is 0 Å². The summed E-state index contributed by atoms with van der Waals surface area (Å²) in [6, 6.07) is 12.2. The van der Waals surface area contributed by atoms with Crippen LogP contribution in [-0.4, -0.2) is 62.0 Å². The van der Waals surface area contributed by atoms with Crippen molar-refractivity contribution in [2.24, 2.45) is 0 Å². The standard InChI is InChI=1S/C22H22FN5O.C2HF3O2/c23-15-5-6-16-19(26-27-20(16)13-15)9-12-28-10-7-14(8-11-28)21-24-18-4-2-1-3-17(18)22(29)25-21;3-2(4,5)1(6)7/h1-6,13-14H,7-12H2,(H,26,27)(H,24,25,29);(H,6,7). The highest BCUT2D eigenvalue weighted by atomic mass is 19.4. The number of carbonyl (C=O) groups is 1. The molecule has 0 aliphatic carbocycles. The molecule has 3 heterocycles. The van der Waals surface area contributed by atoms with Gasteiger partial charge in [0.05, 0.1) is 22.1 Å². The van der Waals surface area contributed by atoms with Crippen LogP contribution in [0.3, 0.4) is 0 Å². The van der Waals surface area contributed by atoms with Crippen molar-refractivity contribution in [1.29, 1.82) is 0 Å². The van der Waals surface area contributed by atoms with Gasteiger partial charge in [-0.1, -0.05) is 12.1 Å². The molecule has 0 amide bonds. The van der Waals surface area contributed by atoms with Gasteiger partial charge in [0.1, 0.15) is 11.6 Å². The van der Waals surface area contributed by atoms with Crippen molar-refractivity contribution in [3.8, 4) is 0 Å². The van der Waals surface area contributed by atoms with Gasteiger partial charge in [-0.05, 0) is 56.3 Å². The number of piperidine rings is 1. The van der Waals surface area contributed by atoms with Crippen LogP contribution in [0.25, 0.3) is 21.8 Å². The summed E-state index contributed by atoms with van der Waals surface area (Å²) in [6.07, 6.45) is -2.33. The minimum atomic E-state index is -5.08. The quantitative estimate of drug-likeness (QED) is 0.362. The first kappa shape index (κ1) is 25.3. The first-order valence-electron chi connectivity index (χ1n) is 11.3. The van der Waals surface area contributed by atoms with E-state index in [2.05, 4.69) is 20.1 Å². The summed E-state index contributed by atoms with van der Waals surface area (Å²) in [6.45, 7) is 2.82. The Kier molecular flexibility index (Phi) is 7.34. The number of alkyl halides is 3. The van der Waals surface area contributed by atoms with Gasteiger partial charge in [-0.3, -0.25) is 9.89 Å². The molecule has 12 heteroatoms. The molecule has 1 fully saturated rings. The maximum Gasteiger partial charge on any atom is 0.490 e. The number of carboxylic acids is 1. The van der Waals surface area contributed by atoms with Crippen molar-refractivity contribution < 1.29 is 27.5 Å². The van der Waals surface area contributed by atoms with Gasteiger partial charge < -0.3 is 15.0 Å². The van der Waals surface area contributed by atoms with Crippen molar-refractivity contribution in [3.05, 3.63) is 70.2 Å². The second-order valence-corrected chi connectivity index (χ2v) is 8.50. The lowest BCUT2D eigenvalue weighted by molar-refractivity contribution is -0.192. The molecule has 0 saturated carbocycles. The van der Waals surface area contributed by atoms with Crippen LogP contribution in [0, 0.1) is 5.82 Å². The first-order chi connectivity index (χ1) is 17.1. The molecule has 3 N–H and O–H groups in total. The van der Waals surface area contributed by atoms with Crippen LogP contribution in [0.1, 0.15) is 30.3 Å². The molecule has 0 atom stereocenters. The van der Waals surface area contributed by atoms with Crippen molar-refractivity contribution in [2.45, 2.75) is 31.4 Å². The highest BCUT2D eigenvalue weighted by Crippen LogP contribution is 2.26. The fraction of sp³-hybridized carbons (Fsp3) is 0.333. The maximum atomic E-state index is 13.3. The number of benzene rings is 2. The number of likely N-dealkylation sites (tertiary alicyclic amines) is 1. The van der Waals surface area contributed by atoms with E-state index in [0.29, 0.717) is 5.39 Å². The fourth-order valence-corrected chi connectivity index (χ4v) is 4.23. The van der Waals surface area contributed by atoms with Crippen LogP contribution in [0.5, 0.6) is 0 Å². The largest absolute Gasteiger partial charge is 0.490 e. The lowest BCUT2D eigenvalue weighted by Gasteiger charge is -2.31. The number of fused-ring (bicyclic) bond motifs is 2. The number of H-pyrrole nitrogens is 2. The molecular weight excluding hydrogens is 482 g/mol. The molecular formula is C24H23F4N5O3. The van der Waals surface area contributed by atoms with Gasteiger partial charge in [0, 0.05) is 24.3 Å². The summed E-state index contributed by atoms with van der Waals surface area (Å²) < 4.78 is 45.1. The number of hydrogen-bond donors (Lipinski definition) is 3. The summed E-state index contributed by atoms with van der Waals surface area (Å²) in [5.74, 6) is -1.94. The number of nitrogens with zero attached hydrogens (tertiary/aromatic N) is 3. The molecule has 190 valence electrons. The van der Waals surface area contributed by atoms with Gasteiger partial charge in [0.25, 0.3) is 5.56 Å². The molecule has 4 aromatic rings. The molecule has 0 bridgehead atoms. The number of aromatic amines is 2. The summed E-state index contributed by atoms with van der Waals surface area (Å²) >= 11 is 0. The van der Waals surface area contributed by atoms with Crippen molar-refractivity contribution in [3.63, 3.8) is 0 Å². The summed E-state index contributed by atoms with van der Waals surface area (Å²) in [5.41, 5.74) is 2.41. The van der Waals surface area contributed by atoms with Crippen molar-refractivity contribution >= 4 is 27.8 Å². The molecule has 0 unspecified atom stereocenters. The van der Waals surface area contributed by atoms with Gasteiger partial charge >= 0.3 is 12.1 Å². The second-order valence-electron chi connectivity index (χ2n) is 8.50. The molecule has 1 aliphatic rings. The Bertz CT molecular complexity index is 1420. The van der Waals surface area contributed by atoms with E-state index in [0.717, 1.165) is 66.8 Å². The topological polar surface area (TPSA) is 115 Å². The van der Waals surface area contributed by atoms with Crippen LogP contribution >= 0.6 is 0 Å². The number of rotatable bonds is 4. The van der Waals surface area contributed by atoms with Crippen LogP contribution in [0.15, 0.2) is 47.3 Å². The predicted octanol–water partition coefficient (Wildman–Crippen LogP) is 3.99. The maximum absolute atomic E-state index is 13.3. The van der Waals surface area contributed by atoms with Gasteiger partial charge in [-0.25, -0.2) is 14.2 Å². The van der Waals surface area contributed by atoms with Crippen LogP contribution in [0.2, 0.25) is 0 Å². The summed E-state index contributed by atoms with van der Waals surface area (Å²) in [4.78, 5) is 31.3. The van der Waals surface area contributed by atoms with Gasteiger partial charge in [0.15, 0.2) is 0 Å². The molecule has 1 aliphatic heterocycles. The number of hydrogen-bond acceptors (Lipinski definition) is 5. The zero-order valence-electron chi connectivity index (χ0n) is 19.0. The molecule has 0 radical (unpaired) electrons. The summed E-state index contributed by atoms with van der Waals surface area (Å²) in [5, 5.41) is 16.0. The lowest BCUT2D eigenvalue weighted by atomic mass is 9.95. The average Bonchev–Trinajstić information content (AvgIpc) is 3.25. The Balaban J connectivity index is 0.000000384. The highest BCUT2D eigenvalue weighted by Gasteiger charge is 2.38. The Labute approximate surface area is 202 Å². The van der Waals surface area contributed by atoms with E-state index < -0.39 is 12.1 Å². The minimum absolute atomic E-state index is 0.0603. The van der Waals surface area contributed by atoms with E-state index in [1.807, 2.05) is 18.2 Å². The number of aliphatic carboxylic acids is 1. The van der Waals surface area contributed by atoms with Crippen LogP contribution in [-0.2, 0) is 11.2 Å². The third kappa shape index (κ3) is 5.88. The second kappa shape index (κ2) is 10.4. The van der Waals surface area contributed by atoms with E-state index in [1.165, 1.54) is 12.1 Å². The predicted molar refractivity (Wildman–Crippen MR) is 124 cm³/mol. The van der Waals surface area contributed by atoms with E-state index in [1.54, 1.807) is 12.1 Å². The number of nitrogens with one attached hydrogen (secondary N) is 2. The summed E-state index contributed by atoms with van der Waals surface area (Å²) in [7, 11) is 0. The molecule has 0 spiro atoms. The number of aromatic nitrogens is 4. The smallest absolute Gasteiger partial charge is 0.475 e. The van der Waals surface area contributed by atoms with Crippen LogP contribution < -0.4 is 5.56 Å². The first-order valence-corrected chi connectivity index (χ1v) is 11.3. The molecule has 1 saturated heterocycles. The lowest BCUT2D eigenvalue weighted by Crippen LogP contribution is -2.35. The molecule has 2 aromatic carbocycles. The number of para-hydroxylation sites is 1. The Morgan fingerprint density at radius 3 is 2.50 bits per heavy atom. The Morgan fingerprint density at radius 1 is 1.11 bits per heavy atom. The Morgan fingerprint density at radius 2 is 1.81 bits per heavy atom. The highest BCUT2D eigenvalue weighted by molar-refractivity contribution is 5.81. The van der Waals surface area contributed by atoms with Crippen LogP contribution in [0.4, 0.5) is 17.6 Å². The van der Waals surface area contributed by atoms with E-state index in [-0.39, 0.29) is 17.3 Å².